The first-order chi connectivity index (χ1) is 22.3. The van der Waals surface area contributed by atoms with Crippen LogP contribution in [0.1, 0.15) is 0 Å². The van der Waals surface area contributed by atoms with Gasteiger partial charge in [0.25, 0.3) is 0 Å². The number of benzene rings is 8. The van der Waals surface area contributed by atoms with Gasteiger partial charge in [0.05, 0.1) is 0 Å². The molecule has 45 heavy (non-hydrogen) atoms. The molecule has 8 aromatic carbocycles. The Morgan fingerprint density at radius 1 is 0.244 bits per heavy atom. The Morgan fingerprint density at radius 3 is 1.38 bits per heavy atom. The van der Waals surface area contributed by atoms with Gasteiger partial charge in [0.15, 0.2) is 0 Å². The van der Waals surface area contributed by atoms with Crippen LogP contribution >= 0.6 is 0 Å². The van der Waals surface area contributed by atoms with Gasteiger partial charge in [-0.05, 0) is 90.3 Å². The molecule has 0 aliphatic rings. The Balaban J connectivity index is 1.23. The highest BCUT2D eigenvalue weighted by Crippen LogP contribution is 2.44. The van der Waals surface area contributed by atoms with Crippen LogP contribution in [-0.4, -0.2) is 0 Å². The van der Waals surface area contributed by atoms with Crippen molar-refractivity contribution in [3.63, 3.8) is 0 Å². The number of rotatable bonds is 4. The fourth-order valence-electron chi connectivity index (χ4n) is 6.97. The molecule has 1 aromatic heterocycles. The molecule has 0 aliphatic heterocycles. The third kappa shape index (κ3) is 4.24. The molecule has 9 rings (SSSR count). The maximum atomic E-state index is 6.11. The van der Waals surface area contributed by atoms with Gasteiger partial charge in [0.1, 0.15) is 11.2 Å². The first-order valence-corrected chi connectivity index (χ1v) is 15.4. The van der Waals surface area contributed by atoms with Gasteiger partial charge < -0.3 is 4.42 Å². The van der Waals surface area contributed by atoms with Crippen LogP contribution in [0.3, 0.4) is 0 Å². The van der Waals surface area contributed by atoms with Crippen molar-refractivity contribution in [2.45, 2.75) is 0 Å². The van der Waals surface area contributed by atoms with Crippen LogP contribution in [0.4, 0.5) is 0 Å². The van der Waals surface area contributed by atoms with E-state index in [0.717, 1.165) is 21.9 Å². The minimum absolute atomic E-state index is 0.917. The number of furan rings is 1. The van der Waals surface area contributed by atoms with Gasteiger partial charge in [0.2, 0.25) is 0 Å². The second-order valence-corrected chi connectivity index (χ2v) is 11.7. The summed E-state index contributed by atoms with van der Waals surface area (Å²) in [6, 6.07) is 61.1. The summed E-state index contributed by atoms with van der Waals surface area (Å²) in [5.74, 6) is 0. The molecule has 0 bridgehead atoms. The molecule has 0 N–H and O–H groups in total. The summed E-state index contributed by atoms with van der Waals surface area (Å²) in [7, 11) is 0. The zero-order valence-corrected chi connectivity index (χ0v) is 24.6. The van der Waals surface area contributed by atoms with E-state index < -0.39 is 0 Å². The quantitative estimate of drug-likeness (QED) is 0.191. The summed E-state index contributed by atoms with van der Waals surface area (Å²) in [6.45, 7) is 0. The Morgan fingerprint density at radius 2 is 0.689 bits per heavy atom. The van der Waals surface area contributed by atoms with E-state index in [-0.39, 0.29) is 0 Å². The number of fused-ring (bicyclic) bond motifs is 5. The van der Waals surface area contributed by atoms with Crippen LogP contribution in [0.15, 0.2) is 174 Å². The molecular weight excluding hydrogens is 544 g/mol. The Bertz CT molecular complexity index is 2460. The van der Waals surface area contributed by atoms with Gasteiger partial charge in [-0.3, -0.25) is 0 Å². The van der Waals surface area contributed by atoms with E-state index in [4.69, 9.17) is 4.42 Å². The van der Waals surface area contributed by atoms with Crippen molar-refractivity contribution in [3.8, 4) is 44.5 Å². The van der Waals surface area contributed by atoms with Crippen molar-refractivity contribution in [3.05, 3.63) is 170 Å². The normalized spacial score (nSPS) is 11.6. The van der Waals surface area contributed by atoms with E-state index in [9.17, 15) is 0 Å². The fourth-order valence-corrected chi connectivity index (χ4v) is 6.97. The minimum atomic E-state index is 0.917. The smallest absolute Gasteiger partial charge is 0.135 e. The zero-order valence-electron chi connectivity index (χ0n) is 24.6. The van der Waals surface area contributed by atoms with Crippen molar-refractivity contribution >= 4 is 43.5 Å². The Hall–Kier alpha value is -5.92. The van der Waals surface area contributed by atoms with Crippen molar-refractivity contribution in [1.29, 1.82) is 0 Å². The molecule has 0 spiro atoms. The molecule has 0 aliphatic carbocycles. The van der Waals surface area contributed by atoms with Crippen LogP contribution in [0, 0.1) is 0 Å². The standard InChI is InChI=1S/C44H28O/c1-2-11-29(12-3-1)30-21-23-31(24-22-30)43-36-16-4-6-18-38(36)44(39-19-7-5-17-37(39)43)34-14-10-13-32(27-34)33-25-26-42-40(28-33)35-15-8-9-20-41(35)45-42/h1-28H. The van der Waals surface area contributed by atoms with Crippen molar-refractivity contribution in [2.75, 3.05) is 0 Å². The number of hydrogen-bond acceptors (Lipinski definition) is 1. The molecule has 0 amide bonds. The molecule has 0 saturated heterocycles. The highest BCUT2D eigenvalue weighted by Gasteiger charge is 2.17. The second-order valence-electron chi connectivity index (χ2n) is 11.7. The fraction of sp³-hybridized carbons (Fsp3) is 0. The Labute approximate surface area is 261 Å². The third-order valence-electron chi connectivity index (χ3n) is 9.07. The number of para-hydroxylation sites is 1. The lowest BCUT2D eigenvalue weighted by Crippen LogP contribution is -1.91. The van der Waals surface area contributed by atoms with Crippen molar-refractivity contribution < 1.29 is 4.42 Å². The summed E-state index contributed by atoms with van der Waals surface area (Å²) < 4.78 is 6.11. The van der Waals surface area contributed by atoms with Gasteiger partial charge in [0, 0.05) is 10.8 Å². The molecule has 1 nitrogen and oxygen atoms in total. The molecule has 210 valence electrons. The molecule has 0 atom stereocenters. The first kappa shape index (κ1) is 25.6. The van der Waals surface area contributed by atoms with Gasteiger partial charge in [-0.1, -0.05) is 146 Å². The molecule has 1 heterocycles. The van der Waals surface area contributed by atoms with E-state index in [1.807, 2.05) is 12.1 Å². The van der Waals surface area contributed by atoms with Gasteiger partial charge >= 0.3 is 0 Å². The minimum Gasteiger partial charge on any atom is -0.456 e. The van der Waals surface area contributed by atoms with Crippen LogP contribution in [0.5, 0.6) is 0 Å². The average Bonchev–Trinajstić information content (AvgIpc) is 3.49. The highest BCUT2D eigenvalue weighted by atomic mass is 16.3. The van der Waals surface area contributed by atoms with E-state index in [1.54, 1.807) is 0 Å². The van der Waals surface area contributed by atoms with Gasteiger partial charge in [-0.25, -0.2) is 0 Å². The van der Waals surface area contributed by atoms with Gasteiger partial charge in [-0.2, -0.15) is 0 Å². The number of hydrogen-bond donors (Lipinski definition) is 0. The van der Waals surface area contributed by atoms with E-state index in [0.29, 0.717) is 0 Å². The van der Waals surface area contributed by atoms with Crippen molar-refractivity contribution in [1.82, 2.24) is 0 Å². The SMILES string of the molecule is c1ccc(-c2ccc(-c3c4ccccc4c(-c4cccc(-c5ccc6oc7ccccc7c6c5)c4)c4ccccc34)cc2)cc1. The van der Waals surface area contributed by atoms with Gasteiger partial charge in [-0.15, -0.1) is 0 Å². The summed E-state index contributed by atoms with van der Waals surface area (Å²) in [5, 5.41) is 7.33. The largest absolute Gasteiger partial charge is 0.456 e. The molecular formula is C44H28O. The Kier molecular flexibility index (Phi) is 5.89. The predicted molar refractivity (Wildman–Crippen MR) is 190 cm³/mol. The summed E-state index contributed by atoms with van der Waals surface area (Å²) >= 11 is 0. The second kappa shape index (κ2) is 10.4. The van der Waals surface area contributed by atoms with Crippen LogP contribution in [-0.2, 0) is 0 Å². The molecule has 0 unspecified atom stereocenters. The van der Waals surface area contributed by atoms with E-state index in [1.165, 1.54) is 66.1 Å². The molecule has 0 fully saturated rings. The third-order valence-corrected chi connectivity index (χ3v) is 9.07. The molecule has 0 saturated carbocycles. The van der Waals surface area contributed by atoms with Crippen LogP contribution < -0.4 is 0 Å². The molecule has 1 heteroatoms. The summed E-state index contributed by atoms with van der Waals surface area (Å²) in [6.07, 6.45) is 0. The van der Waals surface area contributed by atoms with Crippen LogP contribution in [0.25, 0.3) is 88.0 Å². The van der Waals surface area contributed by atoms with Crippen LogP contribution in [0.2, 0.25) is 0 Å². The molecule has 9 aromatic rings. The summed E-state index contributed by atoms with van der Waals surface area (Å²) in [4.78, 5) is 0. The maximum Gasteiger partial charge on any atom is 0.135 e. The lowest BCUT2D eigenvalue weighted by molar-refractivity contribution is 0.669. The monoisotopic (exact) mass is 572 g/mol. The molecule has 0 radical (unpaired) electrons. The summed E-state index contributed by atoms with van der Waals surface area (Å²) in [5.41, 5.74) is 11.6. The van der Waals surface area contributed by atoms with E-state index in [2.05, 4.69) is 158 Å². The maximum absolute atomic E-state index is 6.11. The lowest BCUT2D eigenvalue weighted by Gasteiger charge is -2.18. The van der Waals surface area contributed by atoms with Crippen molar-refractivity contribution in [2.24, 2.45) is 0 Å². The first-order valence-electron chi connectivity index (χ1n) is 15.4. The zero-order chi connectivity index (χ0) is 29.7. The van der Waals surface area contributed by atoms with E-state index >= 15 is 0 Å². The lowest BCUT2D eigenvalue weighted by atomic mass is 9.85. The predicted octanol–water partition coefficient (Wildman–Crippen LogP) is 12.6. The topological polar surface area (TPSA) is 13.1 Å². The highest BCUT2D eigenvalue weighted by molar-refractivity contribution is 6.21. The average molecular weight is 573 g/mol.